The monoisotopic (exact) mass is 346 g/mol. The number of rotatable bonds is 4. The largest absolute Gasteiger partial charge is 0.354 e. The number of hydrogen-bond acceptors (Lipinski definition) is 6. The van der Waals surface area contributed by atoms with Crippen molar-refractivity contribution in [1.82, 2.24) is 20.5 Å². The van der Waals surface area contributed by atoms with E-state index in [4.69, 9.17) is 27.3 Å². The summed E-state index contributed by atoms with van der Waals surface area (Å²) in [6, 6.07) is 3.04. The van der Waals surface area contributed by atoms with E-state index in [0.717, 1.165) is 4.90 Å². The number of carbonyl (C=O) groups is 1. The summed E-state index contributed by atoms with van der Waals surface area (Å²) in [5.41, 5.74) is -0.0544. The maximum absolute atomic E-state index is 12.1. The predicted octanol–water partition coefficient (Wildman–Crippen LogP) is 3.00. The molecule has 0 saturated heterocycles. The lowest BCUT2D eigenvalue weighted by molar-refractivity contribution is 0.0958. The minimum atomic E-state index is -2.65. The molecule has 0 radical (unpaired) electrons. The molecule has 0 saturated carbocycles. The van der Waals surface area contributed by atoms with Gasteiger partial charge in [-0.3, -0.25) is 4.79 Å². The van der Waals surface area contributed by atoms with Gasteiger partial charge >= 0.3 is 0 Å². The van der Waals surface area contributed by atoms with Crippen molar-refractivity contribution in [3.8, 4) is 0 Å². The Morgan fingerprint density at radius 2 is 2.19 bits per heavy atom. The predicted molar refractivity (Wildman–Crippen MR) is 84.7 cm³/mol. The van der Waals surface area contributed by atoms with Gasteiger partial charge in [-0.05, 0) is 12.3 Å². The average molecular weight is 347 g/mol. The third-order valence-corrected chi connectivity index (χ3v) is 3.53. The standard InChI is InChI=1S/C12H11Cl2N5OS/c1-15-12(20)10-7(4-9(14)18-19-10)17-11-8(21-2)3-6(13)5-16-11/h3-5H,1-2H3,(H,15,20)(H,16,17,18)/i1D3. The fourth-order valence-corrected chi connectivity index (χ4v) is 2.40. The van der Waals surface area contributed by atoms with Crippen molar-refractivity contribution in [2.75, 3.05) is 18.5 Å². The topological polar surface area (TPSA) is 79.8 Å². The van der Waals surface area contributed by atoms with Crippen LogP contribution in [0.25, 0.3) is 0 Å². The zero-order chi connectivity index (χ0) is 17.9. The Labute approximate surface area is 139 Å². The summed E-state index contributed by atoms with van der Waals surface area (Å²) in [6.45, 7) is -2.65. The van der Waals surface area contributed by atoms with E-state index < -0.39 is 12.9 Å². The number of amides is 1. The molecule has 2 N–H and O–H groups in total. The molecule has 2 rings (SSSR count). The molecule has 110 valence electrons. The highest BCUT2D eigenvalue weighted by atomic mass is 35.5. The van der Waals surface area contributed by atoms with Gasteiger partial charge in [0.1, 0.15) is 5.82 Å². The molecular formula is C12H11Cl2N5OS. The van der Waals surface area contributed by atoms with Crippen LogP contribution in [-0.4, -0.2) is 34.3 Å². The first-order valence-corrected chi connectivity index (χ1v) is 7.50. The Kier molecular flexibility index (Phi) is 3.97. The molecule has 2 heterocycles. The van der Waals surface area contributed by atoms with Gasteiger partial charge in [-0.15, -0.1) is 22.0 Å². The van der Waals surface area contributed by atoms with Gasteiger partial charge < -0.3 is 10.6 Å². The van der Waals surface area contributed by atoms with Gasteiger partial charge in [0.15, 0.2) is 10.8 Å². The fraction of sp³-hybridized carbons (Fsp3) is 0.167. The van der Waals surface area contributed by atoms with Crippen molar-refractivity contribution < 1.29 is 8.91 Å². The normalized spacial score (nSPS) is 13.0. The lowest BCUT2D eigenvalue weighted by atomic mass is 10.3. The van der Waals surface area contributed by atoms with Gasteiger partial charge in [0.2, 0.25) is 0 Å². The van der Waals surface area contributed by atoms with Crippen LogP contribution < -0.4 is 10.6 Å². The number of nitrogens with zero attached hydrogens (tertiary/aromatic N) is 3. The molecule has 6 nitrogen and oxygen atoms in total. The first-order chi connectivity index (χ1) is 11.2. The number of nitrogens with one attached hydrogen (secondary N) is 2. The van der Waals surface area contributed by atoms with Crippen LogP contribution in [0.5, 0.6) is 0 Å². The molecule has 0 fully saturated rings. The second kappa shape index (κ2) is 6.93. The Hall–Kier alpha value is -1.57. The third-order valence-electron chi connectivity index (χ3n) is 2.39. The van der Waals surface area contributed by atoms with E-state index in [-0.39, 0.29) is 16.5 Å². The van der Waals surface area contributed by atoms with Crippen molar-refractivity contribution in [3.05, 3.63) is 34.2 Å². The van der Waals surface area contributed by atoms with E-state index in [1.165, 1.54) is 24.0 Å². The van der Waals surface area contributed by atoms with E-state index >= 15 is 0 Å². The van der Waals surface area contributed by atoms with Crippen molar-refractivity contribution in [1.29, 1.82) is 0 Å². The van der Waals surface area contributed by atoms with Gasteiger partial charge in [-0.1, -0.05) is 23.2 Å². The lowest BCUT2D eigenvalue weighted by Crippen LogP contribution is -2.21. The van der Waals surface area contributed by atoms with Crippen molar-refractivity contribution in [2.45, 2.75) is 4.90 Å². The SMILES string of the molecule is [2H]C([2H])([2H])NC(=O)c1nnc(Cl)cc1Nc1ncc(Cl)cc1SC. The minimum absolute atomic E-state index is 0.0302. The van der Waals surface area contributed by atoms with Crippen LogP contribution >= 0.6 is 35.0 Å². The molecule has 2 aromatic heterocycles. The number of hydrogen-bond donors (Lipinski definition) is 2. The molecule has 0 spiro atoms. The lowest BCUT2D eigenvalue weighted by Gasteiger charge is -2.12. The van der Waals surface area contributed by atoms with E-state index in [1.807, 2.05) is 11.6 Å². The Morgan fingerprint density at radius 3 is 2.90 bits per heavy atom. The molecule has 21 heavy (non-hydrogen) atoms. The smallest absolute Gasteiger partial charge is 0.273 e. The second-order valence-electron chi connectivity index (χ2n) is 3.71. The van der Waals surface area contributed by atoms with Crippen molar-refractivity contribution >= 4 is 52.4 Å². The Morgan fingerprint density at radius 1 is 1.38 bits per heavy atom. The molecule has 0 unspecified atom stereocenters. The van der Waals surface area contributed by atoms with E-state index in [2.05, 4.69) is 20.5 Å². The molecule has 0 aliphatic carbocycles. The summed E-state index contributed by atoms with van der Waals surface area (Å²) in [5.74, 6) is -0.500. The molecule has 0 atom stereocenters. The number of pyridine rings is 1. The summed E-state index contributed by atoms with van der Waals surface area (Å²) in [6.07, 6.45) is 3.26. The highest BCUT2D eigenvalue weighted by molar-refractivity contribution is 7.98. The van der Waals surface area contributed by atoms with E-state index in [0.29, 0.717) is 10.8 Å². The van der Waals surface area contributed by atoms with E-state index in [1.54, 1.807) is 6.07 Å². The highest BCUT2D eigenvalue weighted by Gasteiger charge is 2.15. The Bertz CT molecular complexity index is 775. The molecule has 0 aromatic carbocycles. The van der Waals surface area contributed by atoms with Crippen LogP contribution in [0.2, 0.25) is 10.2 Å². The third kappa shape index (κ3) is 3.75. The van der Waals surface area contributed by atoms with Crippen LogP contribution in [0.1, 0.15) is 14.6 Å². The molecule has 1 amide bonds. The van der Waals surface area contributed by atoms with Gasteiger partial charge in [0.05, 0.1) is 15.6 Å². The van der Waals surface area contributed by atoms with Crippen molar-refractivity contribution in [3.63, 3.8) is 0 Å². The summed E-state index contributed by atoms with van der Waals surface area (Å²) in [7, 11) is 0. The first kappa shape index (κ1) is 12.0. The molecule has 0 aliphatic rings. The van der Waals surface area contributed by atoms with Crippen LogP contribution in [0.4, 0.5) is 11.5 Å². The van der Waals surface area contributed by atoms with Gasteiger partial charge in [-0.2, -0.15) is 0 Å². The molecule has 0 aliphatic heterocycles. The molecule has 9 heteroatoms. The molecular weight excluding hydrogens is 333 g/mol. The second-order valence-corrected chi connectivity index (χ2v) is 5.38. The van der Waals surface area contributed by atoms with Gasteiger partial charge in [-0.25, -0.2) is 4.98 Å². The first-order valence-electron chi connectivity index (χ1n) is 7.02. The van der Waals surface area contributed by atoms with E-state index in [9.17, 15) is 4.79 Å². The number of anilines is 2. The highest BCUT2D eigenvalue weighted by Crippen LogP contribution is 2.29. The number of carbonyl (C=O) groups excluding carboxylic acids is 1. The molecule has 0 bridgehead atoms. The molecule has 2 aromatic rings. The number of aromatic nitrogens is 3. The summed E-state index contributed by atoms with van der Waals surface area (Å²) in [4.78, 5) is 17.0. The summed E-state index contributed by atoms with van der Waals surface area (Å²) in [5, 5.41) is 12.5. The van der Waals surface area contributed by atoms with Crippen LogP contribution in [0.3, 0.4) is 0 Å². The maximum Gasteiger partial charge on any atom is 0.273 e. The fourth-order valence-electron chi connectivity index (χ4n) is 1.49. The van der Waals surface area contributed by atoms with Crippen molar-refractivity contribution in [2.24, 2.45) is 0 Å². The summed E-state index contributed by atoms with van der Waals surface area (Å²) >= 11 is 13.1. The Balaban J connectivity index is 2.40. The quantitative estimate of drug-likeness (QED) is 0.828. The zero-order valence-corrected chi connectivity index (χ0v) is 13.0. The van der Waals surface area contributed by atoms with Crippen LogP contribution in [0, 0.1) is 0 Å². The summed E-state index contributed by atoms with van der Waals surface area (Å²) < 4.78 is 21.3. The minimum Gasteiger partial charge on any atom is -0.354 e. The zero-order valence-electron chi connectivity index (χ0n) is 13.6. The van der Waals surface area contributed by atoms with Gasteiger partial charge in [0, 0.05) is 23.4 Å². The van der Waals surface area contributed by atoms with Gasteiger partial charge in [0.25, 0.3) is 5.91 Å². The average Bonchev–Trinajstić information content (AvgIpc) is 2.47. The maximum atomic E-state index is 12.1. The number of thioether (sulfide) groups is 1. The number of halogens is 2. The van der Waals surface area contributed by atoms with Crippen LogP contribution in [0.15, 0.2) is 23.2 Å². The van der Waals surface area contributed by atoms with Crippen LogP contribution in [-0.2, 0) is 0 Å².